The van der Waals surface area contributed by atoms with Crippen molar-refractivity contribution in [2.75, 3.05) is 6.54 Å². The van der Waals surface area contributed by atoms with Gasteiger partial charge in [0.1, 0.15) is 5.75 Å². The highest BCUT2D eigenvalue weighted by molar-refractivity contribution is 6.09. The fraction of sp³-hybridized carbons (Fsp3) is 0.308. The second-order valence-corrected chi connectivity index (χ2v) is 4.17. The fourth-order valence-corrected chi connectivity index (χ4v) is 2.06. The van der Waals surface area contributed by atoms with Gasteiger partial charge in [-0.15, -0.1) is 0 Å². The molecule has 0 aliphatic heterocycles. The van der Waals surface area contributed by atoms with E-state index in [1.165, 1.54) is 0 Å². The summed E-state index contributed by atoms with van der Waals surface area (Å²) < 4.78 is 0. The van der Waals surface area contributed by atoms with Gasteiger partial charge in [0.2, 0.25) is 0 Å². The van der Waals surface area contributed by atoms with Gasteiger partial charge < -0.3 is 15.8 Å². The molecule has 4 nitrogen and oxygen atoms in total. The number of aromatic nitrogens is 1. The Bertz CT molecular complexity index is 558. The molecule has 0 fully saturated rings. The number of ketones is 1. The molecule has 1 heterocycles. The number of carbonyl (C=O) groups is 1. The molecule has 2 aromatic rings. The smallest absolute Gasteiger partial charge is 0.165 e. The van der Waals surface area contributed by atoms with Crippen LogP contribution in [-0.4, -0.2) is 22.4 Å². The van der Waals surface area contributed by atoms with Gasteiger partial charge in [0.05, 0.1) is 0 Å². The fourth-order valence-electron chi connectivity index (χ4n) is 2.06. The Morgan fingerprint density at radius 3 is 2.94 bits per heavy atom. The van der Waals surface area contributed by atoms with Gasteiger partial charge in [-0.05, 0) is 38.1 Å². The number of rotatable bonds is 4. The minimum absolute atomic E-state index is 0.0739. The van der Waals surface area contributed by atoms with Crippen LogP contribution in [0.5, 0.6) is 5.75 Å². The maximum atomic E-state index is 12.1. The molecule has 0 unspecified atom stereocenters. The lowest BCUT2D eigenvalue weighted by molar-refractivity contribution is 0.0982. The molecule has 17 heavy (non-hydrogen) atoms. The third kappa shape index (κ3) is 2.17. The molecular weight excluding hydrogens is 216 g/mol. The molecule has 0 atom stereocenters. The number of nitrogens with one attached hydrogen (secondary N) is 1. The van der Waals surface area contributed by atoms with E-state index in [0.29, 0.717) is 24.9 Å². The zero-order valence-corrected chi connectivity index (χ0v) is 9.79. The van der Waals surface area contributed by atoms with Crippen molar-refractivity contribution in [3.05, 3.63) is 29.5 Å². The molecule has 1 aromatic heterocycles. The third-order valence-corrected chi connectivity index (χ3v) is 2.86. The number of aryl methyl sites for hydroxylation is 1. The monoisotopic (exact) mass is 232 g/mol. The van der Waals surface area contributed by atoms with E-state index in [9.17, 15) is 9.90 Å². The van der Waals surface area contributed by atoms with E-state index in [4.69, 9.17) is 5.73 Å². The first-order chi connectivity index (χ1) is 8.13. The van der Waals surface area contributed by atoms with Crippen molar-refractivity contribution in [2.24, 2.45) is 5.73 Å². The first-order valence-electron chi connectivity index (χ1n) is 5.68. The van der Waals surface area contributed by atoms with Crippen molar-refractivity contribution >= 4 is 16.7 Å². The van der Waals surface area contributed by atoms with Crippen LogP contribution < -0.4 is 5.73 Å². The van der Waals surface area contributed by atoms with Gasteiger partial charge in [-0.1, -0.05) is 0 Å². The summed E-state index contributed by atoms with van der Waals surface area (Å²) >= 11 is 0. The average Bonchev–Trinajstić information content (AvgIpc) is 2.61. The Hall–Kier alpha value is -1.81. The van der Waals surface area contributed by atoms with Crippen LogP contribution in [0.4, 0.5) is 0 Å². The van der Waals surface area contributed by atoms with Gasteiger partial charge in [0.25, 0.3) is 0 Å². The lowest BCUT2D eigenvalue weighted by Gasteiger charge is -2.00. The van der Waals surface area contributed by atoms with Gasteiger partial charge in [-0.3, -0.25) is 4.79 Å². The van der Waals surface area contributed by atoms with E-state index >= 15 is 0 Å². The summed E-state index contributed by atoms with van der Waals surface area (Å²) in [6.07, 6.45) is 1.13. The summed E-state index contributed by atoms with van der Waals surface area (Å²) in [5, 5.41) is 10.3. The van der Waals surface area contributed by atoms with Gasteiger partial charge in [-0.25, -0.2) is 0 Å². The molecule has 0 aliphatic carbocycles. The van der Waals surface area contributed by atoms with Gasteiger partial charge >= 0.3 is 0 Å². The van der Waals surface area contributed by atoms with Gasteiger partial charge in [-0.2, -0.15) is 0 Å². The van der Waals surface area contributed by atoms with Crippen LogP contribution in [0.1, 0.15) is 28.9 Å². The van der Waals surface area contributed by atoms with E-state index in [1.807, 2.05) is 6.92 Å². The molecular formula is C13H16N2O2. The molecule has 0 spiro atoms. The minimum atomic E-state index is 0.0739. The number of H-pyrrole nitrogens is 1. The molecule has 4 heteroatoms. The van der Waals surface area contributed by atoms with Gasteiger partial charge in [0, 0.05) is 28.6 Å². The largest absolute Gasteiger partial charge is 0.508 e. The number of aromatic amines is 1. The molecule has 0 radical (unpaired) electrons. The second-order valence-electron chi connectivity index (χ2n) is 4.17. The molecule has 0 amide bonds. The number of fused-ring (bicyclic) bond motifs is 1. The van der Waals surface area contributed by atoms with Crippen LogP contribution in [0.15, 0.2) is 18.2 Å². The van der Waals surface area contributed by atoms with Crippen LogP contribution in [0, 0.1) is 6.92 Å². The first kappa shape index (κ1) is 11.7. The average molecular weight is 232 g/mol. The number of aromatic hydroxyl groups is 1. The number of phenolic OH excluding ortho intramolecular Hbond substituents is 1. The normalized spacial score (nSPS) is 10.9. The predicted octanol–water partition coefficient (Wildman–Crippen LogP) is 2.10. The first-order valence-corrected chi connectivity index (χ1v) is 5.68. The number of carbonyl (C=O) groups excluding carboxylic acids is 1. The Morgan fingerprint density at radius 2 is 2.24 bits per heavy atom. The van der Waals surface area contributed by atoms with E-state index in [2.05, 4.69) is 4.98 Å². The van der Waals surface area contributed by atoms with Crippen LogP contribution in [0.2, 0.25) is 0 Å². The summed E-state index contributed by atoms with van der Waals surface area (Å²) in [5.74, 6) is 0.245. The van der Waals surface area contributed by atoms with E-state index in [0.717, 1.165) is 16.6 Å². The predicted molar refractivity (Wildman–Crippen MR) is 67.3 cm³/mol. The number of hydrogen-bond acceptors (Lipinski definition) is 3. The van der Waals surface area contributed by atoms with Crippen LogP contribution in [0.3, 0.4) is 0 Å². The van der Waals surface area contributed by atoms with Crippen LogP contribution in [0.25, 0.3) is 10.9 Å². The molecule has 0 bridgehead atoms. The second kappa shape index (κ2) is 4.59. The maximum absolute atomic E-state index is 12.1. The Balaban J connectivity index is 2.48. The molecule has 2 rings (SSSR count). The van der Waals surface area contributed by atoms with Crippen molar-refractivity contribution in [2.45, 2.75) is 19.8 Å². The molecule has 0 saturated heterocycles. The zero-order valence-electron chi connectivity index (χ0n) is 9.79. The zero-order chi connectivity index (χ0) is 12.4. The van der Waals surface area contributed by atoms with Gasteiger partial charge in [0.15, 0.2) is 5.78 Å². The van der Waals surface area contributed by atoms with Crippen LogP contribution >= 0.6 is 0 Å². The summed E-state index contributed by atoms with van der Waals surface area (Å²) in [7, 11) is 0. The molecule has 1 aromatic carbocycles. The molecule has 0 aliphatic rings. The Kier molecular flexibility index (Phi) is 3.15. The summed E-state index contributed by atoms with van der Waals surface area (Å²) in [6.45, 7) is 2.38. The highest BCUT2D eigenvalue weighted by atomic mass is 16.3. The number of benzene rings is 1. The highest BCUT2D eigenvalue weighted by Gasteiger charge is 2.15. The number of Topliss-reactive ketones (excluding diaryl/α,β-unsaturated/α-hetero) is 1. The van der Waals surface area contributed by atoms with Crippen molar-refractivity contribution in [1.29, 1.82) is 0 Å². The van der Waals surface area contributed by atoms with Crippen LogP contribution in [-0.2, 0) is 0 Å². The van der Waals surface area contributed by atoms with E-state index < -0.39 is 0 Å². The highest BCUT2D eigenvalue weighted by Crippen LogP contribution is 2.26. The van der Waals surface area contributed by atoms with Crippen molar-refractivity contribution < 1.29 is 9.90 Å². The number of hydrogen-bond donors (Lipinski definition) is 3. The number of phenols is 1. The molecule has 90 valence electrons. The Morgan fingerprint density at radius 1 is 1.47 bits per heavy atom. The quantitative estimate of drug-likeness (QED) is 0.706. The summed E-state index contributed by atoms with van der Waals surface area (Å²) in [5.41, 5.74) is 7.79. The lowest BCUT2D eigenvalue weighted by Crippen LogP contribution is -2.05. The van der Waals surface area contributed by atoms with Crippen molar-refractivity contribution in [3.8, 4) is 5.75 Å². The maximum Gasteiger partial charge on any atom is 0.165 e. The topological polar surface area (TPSA) is 79.1 Å². The van der Waals surface area contributed by atoms with E-state index in [1.54, 1.807) is 18.2 Å². The summed E-state index contributed by atoms with van der Waals surface area (Å²) in [6, 6.07) is 5.00. The lowest BCUT2D eigenvalue weighted by atomic mass is 10.0. The van der Waals surface area contributed by atoms with E-state index in [-0.39, 0.29) is 11.5 Å². The number of nitrogens with two attached hydrogens (primary N) is 1. The third-order valence-electron chi connectivity index (χ3n) is 2.86. The van der Waals surface area contributed by atoms with Crippen molar-refractivity contribution in [1.82, 2.24) is 4.98 Å². The Labute approximate surface area is 99.4 Å². The minimum Gasteiger partial charge on any atom is -0.508 e. The SMILES string of the molecule is Cc1[nH]c2ccc(O)cc2c1C(=O)CCCN. The molecule has 4 N–H and O–H groups in total. The van der Waals surface area contributed by atoms with Crippen molar-refractivity contribution in [3.63, 3.8) is 0 Å². The summed E-state index contributed by atoms with van der Waals surface area (Å²) in [4.78, 5) is 15.2. The molecule has 0 saturated carbocycles. The standard InChI is InChI=1S/C13H16N2O2/c1-8-13(12(17)3-2-6-14)10-7-9(16)4-5-11(10)15-8/h4-5,7,15-16H,2-3,6,14H2,1H3.